The second-order valence-electron chi connectivity index (χ2n) is 4.20. The number of ether oxygens (including phenoxy) is 1. The molecule has 1 aliphatic heterocycles. The molecule has 6 heteroatoms. The molecule has 1 unspecified atom stereocenters. The van der Waals surface area contributed by atoms with Crippen molar-refractivity contribution in [1.82, 2.24) is 5.01 Å². The van der Waals surface area contributed by atoms with E-state index in [2.05, 4.69) is 5.10 Å². The number of para-hydroxylation sites is 1. The highest BCUT2D eigenvalue weighted by molar-refractivity contribution is 6.61. The Hall–Kier alpha value is -1.88. The molecule has 0 N–H and O–H groups in total. The average molecular weight is 281 g/mol. The van der Waals surface area contributed by atoms with Crippen LogP contribution in [0.15, 0.2) is 29.4 Å². The Morgan fingerprint density at radius 1 is 1.42 bits per heavy atom. The fraction of sp³-hybridized carbons (Fsp3) is 0.308. The number of carbonyl (C=O) groups excluding carboxylic acids is 2. The Labute approximate surface area is 115 Å². The summed E-state index contributed by atoms with van der Waals surface area (Å²) in [6.07, 6.45) is 0. The molecular formula is C13H13ClN2O3. The van der Waals surface area contributed by atoms with Crippen LogP contribution in [-0.2, 0) is 4.79 Å². The zero-order valence-corrected chi connectivity index (χ0v) is 11.6. The van der Waals surface area contributed by atoms with Gasteiger partial charge in [-0.2, -0.15) is 5.10 Å². The number of benzene rings is 1. The maximum absolute atomic E-state index is 12.6. The molecule has 1 aromatic carbocycles. The smallest absolute Gasteiger partial charge is 0.277 e. The summed E-state index contributed by atoms with van der Waals surface area (Å²) in [7, 11) is 2.92. The van der Waals surface area contributed by atoms with E-state index in [4.69, 9.17) is 16.3 Å². The molecule has 1 amide bonds. The fourth-order valence-corrected chi connectivity index (χ4v) is 2.26. The third-order valence-electron chi connectivity index (χ3n) is 3.05. The molecule has 100 valence electrons. The monoisotopic (exact) mass is 280 g/mol. The number of hydrogen-bond donors (Lipinski definition) is 0. The first-order valence-electron chi connectivity index (χ1n) is 5.63. The van der Waals surface area contributed by atoms with Gasteiger partial charge in [0, 0.05) is 7.05 Å². The summed E-state index contributed by atoms with van der Waals surface area (Å²) in [6.45, 7) is 1.56. The van der Waals surface area contributed by atoms with E-state index in [1.165, 1.54) is 14.2 Å². The van der Waals surface area contributed by atoms with Gasteiger partial charge in [-0.1, -0.05) is 23.7 Å². The summed E-state index contributed by atoms with van der Waals surface area (Å²) in [5.74, 6) is -0.701. The lowest BCUT2D eigenvalue weighted by molar-refractivity contribution is -0.128. The first-order chi connectivity index (χ1) is 8.92. The summed E-state index contributed by atoms with van der Waals surface area (Å²) >= 11 is 6.25. The molecule has 1 heterocycles. The van der Waals surface area contributed by atoms with Crippen LogP contribution >= 0.6 is 11.6 Å². The maximum atomic E-state index is 12.6. The van der Waals surface area contributed by atoms with Crippen molar-refractivity contribution in [2.24, 2.45) is 5.10 Å². The van der Waals surface area contributed by atoms with Crippen molar-refractivity contribution < 1.29 is 14.3 Å². The van der Waals surface area contributed by atoms with Gasteiger partial charge in [0.15, 0.2) is 0 Å². The van der Waals surface area contributed by atoms with Gasteiger partial charge in [0.1, 0.15) is 5.75 Å². The molecule has 2 rings (SSSR count). The number of carbonyl (C=O) groups is 2. The maximum Gasteiger partial charge on any atom is 0.277 e. The normalized spacial score (nSPS) is 22.4. The molecule has 0 saturated carbocycles. The van der Waals surface area contributed by atoms with Crippen molar-refractivity contribution in [3.8, 4) is 5.75 Å². The highest BCUT2D eigenvalue weighted by Gasteiger charge is 2.53. The molecule has 19 heavy (non-hydrogen) atoms. The van der Waals surface area contributed by atoms with Crippen molar-refractivity contribution in [2.45, 2.75) is 11.8 Å². The third kappa shape index (κ3) is 1.90. The second kappa shape index (κ2) is 4.66. The van der Waals surface area contributed by atoms with Crippen LogP contribution in [0.3, 0.4) is 0 Å². The first kappa shape index (κ1) is 13.5. The van der Waals surface area contributed by atoms with Gasteiger partial charge in [0.05, 0.1) is 18.4 Å². The van der Waals surface area contributed by atoms with Crippen LogP contribution in [0.5, 0.6) is 5.75 Å². The van der Waals surface area contributed by atoms with Gasteiger partial charge in [0.2, 0.25) is 10.7 Å². The van der Waals surface area contributed by atoms with Crippen molar-refractivity contribution in [2.75, 3.05) is 14.2 Å². The molecule has 0 spiro atoms. The van der Waals surface area contributed by atoms with Crippen LogP contribution in [0.4, 0.5) is 0 Å². The van der Waals surface area contributed by atoms with Gasteiger partial charge in [-0.25, -0.2) is 5.01 Å². The largest absolute Gasteiger partial charge is 0.496 e. The van der Waals surface area contributed by atoms with E-state index in [1.54, 1.807) is 31.2 Å². The van der Waals surface area contributed by atoms with Crippen LogP contribution in [0.25, 0.3) is 0 Å². The van der Waals surface area contributed by atoms with Gasteiger partial charge in [-0.3, -0.25) is 9.59 Å². The molecule has 0 aromatic heterocycles. The molecule has 0 bridgehead atoms. The minimum Gasteiger partial charge on any atom is -0.496 e. The molecule has 0 aliphatic carbocycles. The molecule has 0 fully saturated rings. The highest BCUT2D eigenvalue weighted by atomic mass is 35.5. The Morgan fingerprint density at radius 2 is 2.05 bits per heavy atom. The number of rotatable bonds is 3. The molecule has 0 saturated heterocycles. The Morgan fingerprint density at radius 3 is 2.58 bits per heavy atom. The summed E-state index contributed by atoms with van der Waals surface area (Å²) in [6, 6.07) is 6.64. The first-order valence-corrected chi connectivity index (χ1v) is 6.01. The predicted octanol–water partition coefficient (Wildman–Crippen LogP) is 1.70. The van der Waals surface area contributed by atoms with E-state index < -0.39 is 16.6 Å². The van der Waals surface area contributed by atoms with Crippen molar-refractivity contribution >= 4 is 29.0 Å². The molecule has 1 aliphatic rings. The molecule has 5 nitrogen and oxygen atoms in total. The van der Waals surface area contributed by atoms with Crippen LogP contribution < -0.4 is 4.74 Å². The zero-order chi connectivity index (χ0) is 14.2. The van der Waals surface area contributed by atoms with Crippen LogP contribution in [0, 0.1) is 0 Å². The van der Waals surface area contributed by atoms with Crippen molar-refractivity contribution in [1.29, 1.82) is 0 Å². The van der Waals surface area contributed by atoms with E-state index >= 15 is 0 Å². The number of alkyl halides is 1. The summed E-state index contributed by atoms with van der Waals surface area (Å²) < 4.78 is 5.12. The van der Waals surface area contributed by atoms with Crippen LogP contribution in [0.2, 0.25) is 0 Å². The number of hydrazone groups is 1. The average Bonchev–Trinajstić information content (AvgIpc) is 2.62. The second-order valence-corrected chi connectivity index (χ2v) is 4.77. The number of methoxy groups -OCH3 is 1. The summed E-state index contributed by atoms with van der Waals surface area (Å²) in [4.78, 5) is 22.9. The predicted molar refractivity (Wildman–Crippen MR) is 71.8 cm³/mol. The third-order valence-corrected chi connectivity index (χ3v) is 3.66. The molecule has 1 aromatic rings. The summed E-state index contributed by atoms with van der Waals surface area (Å²) in [5, 5.41) is 5.01. The van der Waals surface area contributed by atoms with Crippen molar-refractivity contribution in [3.63, 3.8) is 0 Å². The standard InChI is InChI=1S/C13H13ClN2O3/c1-8-13(14,12(18)16(2)15-8)11(17)9-6-4-5-7-10(9)19-3/h4-7H,1-3H3. The minimum atomic E-state index is -1.77. The lowest BCUT2D eigenvalue weighted by Gasteiger charge is -2.19. The number of hydrogen-bond acceptors (Lipinski definition) is 4. The molecule has 0 radical (unpaired) electrons. The topological polar surface area (TPSA) is 59.0 Å². The summed E-state index contributed by atoms with van der Waals surface area (Å²) in [5.41, 5.74) is 0.524. The van der Waals surface area contributed by atoms with Crippen molar-refractivity contribution in [3.05, 3.63) is 29.8 Å². The molecule has 1 atom stereocenters. The lowest BCUT2D eigenvalue weighted by atomic mass is 9.92. The van der Waals surface area contributed by atoms with Crippen LogP contribution in [-0.4, -0.2) is 41.4 Å². The minimum absolute atomic E-state index is 0.262. The SMILES string of the molecule is COc1ccccc1C(=O)C1(Cl)C(=O)N(C)N=C1C. The Kier molecular flexibility index (Phi) is 3.32. The number of ketones is 1. The van der Waals surface area contributed by atoms with Gasteiger partial charge in [0.25, 0.3) is 5.91 Å². The highest BCUT2D eigenvalue weighted by Crippen LogP contribution is 2.33. The number of halogens is 1. The van der Waals surface area contributed by atoms with Crippen LogP contribution in [0.1, 0.15) is 17.3 Å². The lowest BCUT2D eigenvalue weighted by Crippen LogP contribution is -2.47. The number of amides is 1. The fourth-order valence-electron chi connectivity index (χ4n) is 2.00. The van der Waals surface area contributed by atoms with E-state index in [0.29, 0.717) is 5.75 Å². The van der Waals surface area contributed by atoms with Gasteiger partial charge < -0.3 is 4.74 Å². The Bertz CT molecular complexity index is 585. The Balaban J connectivity index is 2.50. The zero-order valence-electron chi connectivity index (χ0n) is 10.8. The van der Waals surface area contributed by atoms with Gasteiger partial charge in [-0.15, -0.1) is 0 Å². The van der Waals surface area contributed by atoms with Gasteiger partial charge in [-0.05, 0) is 19.1 Å². The van der Waals surface area contributed by atoms with Gasteiger partial charge >= 0.3 is 0 Å². The number of Topliss-reactive ketones (excluding diaryl/α,β-unsaturated/α-hetero) is 1. The van der Waals surface area contributed by atoms with E-state index in [9.17, 15) is 9.59 Å². The van der Waals surface area contributed by atoms with E-state index in [0.717, 1.165) is 5.01 Å². The number of nitrogens with zero attached hydrogens (tertiary/aromatic N) is 2. The van der Waals surface area contributed by atoms with E-state index in [-0.39, 0.29) is 11.3 Å². The molecular weight excluding hydrogens is 268 g/mol. The van der Waals surface area contributed by atoms with E-state index in [1.807, 2.05) is 0 Å². The quantitative estimate of drug-likeness (QED) is 0.481.